The number of hydrogen-bond donors (Lipinski definition) is 3. The van der Waals surface area contributed by atoms with Crippen LogP contribution >= 0.6 is 0 Å². The summed E-state index contributed by atoms with van der Waals surface area (Å²) in [5.41, 5.74) is 0.0555. The summed E-state index contributed by atoms with van der Waals surface area (Å²) >= 11 is 0. The highest BCUT2D eigenvalue weighted by Gasteiger charge is 2.19. The Balaban J connectivity index is 2.57. The van der Waals surface area contributed by atoms with Gasteiger partial charge in [-0.1, -0.05) is 6.07 Å². The number of amides is 2. The maximum atomic E-state index is 12.0. The van der Waals surface area contributed by atoms with Crippen LogP contribution in [0.4, 0.5) is 14.9 Å². The Morgan fingerprint density at radius 3 is 2.85 bits per heavy atom. The summed E-state index contributed by atoms with van der Waals surface area (Å²) < 4.78 is 17.2. The third-order valence-electron chi connectivity index (χ3n) is 2.63. The Morgan fingerprint density at radius 2 is 2.20 bits per heavy atom. The number of anilines is 1. The van der Waals surface area contributed by atoms with Crippen LogP contribution in [-0.4, -0.2) is 36.6 Å². The van der Waals surface area contributed by atoms with Crippen LogP contribution in [0.3, 0.4) is 0 Å². The van der Waals surface area contributed by atoms with E-state index in [1.165, 1.54) is 0 Å². The largest absolute Gasteiger partial charge is 0.491 e. The topological polar surface area (TPSA) is 70.6 Å². The van der Waals surface area contributed by atoms with E-state index in [2.05, 4.69) is 10.6 Å². The average Bonchev–Trinajstić information content (AvgIpc) is 2.35. The first-order valence-corrected chi connectivity index (χ1v) is 6.46. The molecule has 0 spiro atoms. The molecule has 20 heavy (non-hydrogen) atoms. The summed E-state index contributed by atoms with van der Waals surface area (Å²) in [6.07, 6.45) is 0.458. The number of carbonyl (C=O) groups is 1. The van der Waals surface area contributed by atoms with Gasteiger partial charge in [-0.05, 0) is 32.4 Å². The summed E-state index contributed by atoms with van der Waals surface area (Å²) in [7, 11) is 0. The maximum Gasteiger partial charge on any atom is 0.319 e. The summed E-state index contributed by atoms with van der Waals surface area (Å²) in [6.45, 7) is 3.07. The minimum atomic E-state index is -0.562. The van der Waals surface area contributed by atoms with E-state index < -0.39 is 12.2 Å². The Labute approximate surface area is 118 Å². The second-order valence-electron chi connectivity index (χ2n) is 5.00. The average molecular weight is 284 g/mol. The van der Waals surface area contributed by atoms with E-state index in [-0.39, 0.29) is 19.2 Å². The fraction of sp³-hybridized carbons (Fsp3) is 0.500. The fourth-order valence-electron chi connectivity index (χ4n) is 1.63. The van der Waals surface area contributed by atoms with Crippen molar-refractivity contribution in [3.05, 3.63) is 24.3 Å². The molecule has 2 amide bonds. The number of carbonyl (C=O) groups excluding carboxylic acids is 1. The molecule has 0 saturated carbocycles. The molecule has 3 N–H and O–H groups in total. The third-order valence-corrected chi connectivity index (χ3v) is 2.63. The molecular weight excluding hydrogens is 263 g/mol. The van der Waals surface area contributed by atoms with Gasteiger partial charge in [-0.2, -0.15) is 0 Å². The van der Waals surface area contributed by atoms with Crippen LogP contribution in [0.15, 0.2) is 24.3 Å². The molecule has 0 aromatic heterocycles. The molecule has 0 aliphatic heterocycles. The number of aliphatic hydroxyl groups excluding tert-OH is 1. The van der Waals surface area contributed by atoms with Crippen LogP contribution in [0, 0.1) is 0 Å². The first-order chi connectivity index (χ1) is 9.46. The molecule has 0 atom stereocenters. The van der Waals surface area contributed by atoms with E-state index >= 15 is 0 Å². The van der Waals surface area contributed by atoms with Crippen molar-refractivity contribution in [1.29, 1.82) is 0 Å². The molecule has 0 aliphatic rings. The van der Waals surface area contributed by atoms with Gasteiger partial charge in [0.15, 0.2) is 0 Å². The SMILES string of the molecule is CC(C)(CCO)NC(=O)Nc1cccc(OCCF)c1. The standard InChI is InChI=1S/C14H21FN2O3/c1-14(2,6-8-18)17-13(19)16-11-4-3-5-12(10-11)20-9-7-15/h3-5,10,18H,6-9H2,1-2H3,(H2,16,17,19). The summed E-state index contributed by atoms with van der Waals surface area (Å²) in [4.78, 5) is 11.8. The lowest BCUT2D eigenvalue weighted by molar-refractivity contribution is 0.218. The monoisotopic (exact) mass is 284 g/mol. The number of rotatable bonds is 7. The second kappa shape index (κ2) is 7.69. The van der Waals surface area contributed by atoms with Gasteiger partial charge in [-0.25, -0.2) is 9.18 Å². The Bertz CT molecular complexity index is 438. The van der Waals surface area contributed by atoms with Crippen LogP contribution < -0.4 is 15.4 Å². The van der Waals surface area contributed by atoms with Gasteiger partial charge in [0.2, 0.25) is 0 Å². The molecule has 0 heterocycles. The van der Waals surface area contributed by atoms with E-state index in [1.54, 1.807) is 24.3 Å². The van der Waals surface area contributed by atoms with Crippen molar-refractivity contribution in [2.45, 2.75) is 25.8 Å². The van der Waals surface area contributed by atoms with Gasteiger partial charge in [0.05, 0.1) is 0 Å². The lowest BCUT2D eigenvalue weighted by Gasteiger charge is -2.25. The van der Waals surface area contributed by atoms with Gasteiger partial charge < -0.3 is 20.5 Å². The zero-order chi connectivity index (χ0) is 15.0. The zero-order valence-electron chi connectivity index (χ0n) is 11.8. The van der Waals surface area contributed by atoms with Crippen molar-refractivity contribution < 1.29 is 19.0 Å². The van der Waals surface area contributed by atoms with Crippen molar-refractivity contribution in [2.24, 2.45) is 0 Å². The van der Waals surface area contributed by atoms with E-state index in [0.717, 1.165) is 0 Å². The highest BCUT2D eigenvalue weighted by molar-refractivity contribution is 5.89. The van der Waals surface area contributed by atoms with Crippen LogP contribution in [-0.2, 0) is 0 Å². The Morgan fingerprint density at radius 1 is 1.45 bits per heavy atom. The van der Waals surface area contributed by atoms with Crippen molar-refractivity contribution in [3.63, 3.8) is 0 Å². The molecule has 0 unspecified atom stereocenters. The zero-order valence-corrected chi connectivity index (χ0v) is 11.8. The number of urea groups is 1. The van der Waals surface area contributed by atoms with Crippen LogP contribution in [0.25, 0.3) is 0 Å². The van der Waals surface area contributed by atoms with Gasteiger partial charge in [-0.15, -0.1) is 0 Å². The highest BCUT2D eigenvalue weighted by Crippen LogP contribution is 2.17. The molecule has 0 radical (unpaired) electrons. The van der Waals surface area contributed by atoms with Gasteiger partial charge in [0.25, 0.3) is 0 Å². The highest BCUT2D eigenvalue weighted by atomic mass is 19.1. The van der Waals surface area contributed by atoms with Crippen molar-refractivity contribution in [3.8, 4) is 5.75 Å². The van der Waals surface area contributed by atoms with E-state index in [9.17, 15) is 9.18 Å². The van der Waals surface area contributed by atoms with E-state index in [0.29, 0.717) is 17.9 Å². The summed E-state index contributed by atoms with van der Waals surface area (Å²) in [6, 6.07) is 6.36. The van der Waals surface area contributed by atoms with Gasteiger partial charge in [0, 0.05) is 23.9 Å². The Kier molecular flexibility index (Phi) is 6.24. The second-order valence-corrected chi connectivity index (χ2v) is 5.00. The normalized spacial score (nSPS) is 11.0. The smallest absolute Gasteiger partial charge is 0.319 e. The quantitative estimate of drug-likeness (QED) is 0.719. The number of alkyl halides is 1. The predicted molar refractivity (Wildman–Crippen MR) is 75.8 cm³/mol. The molecule has 1 aromatic rings. The lowest BCUT2D eigenvalue weighted by Crippen LogP contribution is -2.46. The first-order valence-electron chi connectivity index (χ1n) is 6.46. The molecular formula is C14H21FN2O3. The number of ether oxygens (including phenoxy) is 1. The number of benzene rings is 1. The maximum absolute atomic E-state index is 12.0. The Hall–Kier alpha value is -1.82. The minimum absolute atomic E-state index is 0.000163. The molecule has 0 fully saturated rings. The number of hydrogen-bond acceptors (Lipinski definition) is 3. The molecule has 0 aliphatic carbocycles. The van der Waals surface area contributed by atoms with Crippen LogP contribution in [0.2, 0.25) is 0 Å². The van der Waals surface area contributed by atoms with Gasteiger partial charge >= 0.3 is 6.03 Å². The van der Waals surface area contributed by atoms with Crippen molar-refractivity contribution >= 4 is 11.7 Å². The van der Waals surface area contributed by atoms with Gasteiger partial charge in [-0.3, -0.25) is 0 Å². The van der Waals surface area contributed by atoms with Crippen LogP contribution in [0.5, 0.6) is 5.75 Å². The third kappa shape index (κ3) is 5.88. The summed E-state index contributed by atoms with van der Waals surface area (Å²) in [5, 5.41) is 14.3. The summed E-state index contributed by atoms with van der Waals surface area (Å²) in [5.74, 6) is 0.495. The molecule has 0 bridgehead atoms. The minimum Gasteiger partial charge on any atom is -0.491 e. The molecule has 5 nitrogen and oxygen atoms in total. The van der Waals surface area contributed by atoms with E-state index in [4.69, 9.17) is 9.84 Å². The molecule has 0 saturated heterocycles. The molecule has 1 aromatic carbocycles. The van der Waals surface area contributed by atoms with Crippen LogP contribution in [0.1, 0.15) is 20.3 Å². The fourth-order valence-corrected chi connectivity index (χ4v) is 1.63. The molecule has 1 rings (SSSR count). The van der Waals surface area contributed by atoms with Crippen molar-refractivity contribution in [1.82, 2.24) is 5.32 Å². The number of halogens is 1. The number of aliphatic hydroxyl groups is 1. The van der Waals surface area contributed by atoms with Crippen molar-refractivity contribution in [2.75, 3.05) is 25.2 Å². The van der Waals surface area contributed by atoms with Gasteiger partial charge in [0.1, 0.15) is 19.0 Å². The first kappa shape index (κ1) is 16.2. The predicted octanol–water partition coefficient (Wildman–Crippen LogP) is 2.32. The lowest BCUT2D eigenvalue weighted by atomic mass is 10.0. The van der Waals surface area contributed by atoms with E-state index in [1.807, 2.05) is 13.8 Å². The number of nitrogens with one attached hydrogen (secondary N) is 2. The molecule has 112 valence electrons. The molecule has 6 heteroatoms.